The summed E-state index contributed by atoms with van der Waals surface area (Å²) in [4.78, 5) is 38.7. The highest BCUT2D eigenvalue weighted by Gasteiger charge is 2.94. The number of aliphatic hydroxyl groups is 3. The van der Waals surface area contributed by atoms with Crippen molar-refractivity contribution in [3.63, 3.8) is 0 Å². The van der Waals surface area contributed by atoms with Crippen LogP contribution in [-0.2, 0) is 23.9 Å². The van der Waals surface area contributed by atoms with E-state index in [0.29, 0.717) is 12.0 Å². The largest absolute Gasteiger partial charge is 0.459 e. The number of esters is 2. The average Bonchev–Trinajstić information content (AvgIpc) is 3.09. The summed E-state index contributed by atoms with van der Waals surface area (Å²) < 4.78 is 11.7. The van der Waals surface area contributed by atoms with Crippen LogP contribution in [0, 0.1) is 27.6 Å². The van der Waals surface area contributed by atoms with Gasteiger partial charge in [0, 0.05) is 47.0 Å². The second-order valence-corrected chi connectivity index (χ2v) is 12.6. The third-order valence-electron chi connectivity index (χ3n) is 11.1. The molecule has 0 amide bonds. The second kappa shape index (κ2) is 8.59. The van der Waals surface area contributed by atoms with Crippen molar-refractivity contribution in [3.05, 3.63) is 54.1 Å². The van der Waals surface area contributed by atoms with E-state index in [4.69, 9.17) is 9.47 Å². The number of fused-ring (bicyclic) bond motifs is 1. The van der Waals surface area contributed by atoms with E-state index in [9.17, 15) is 29.7 Å². The Morgan fingerprint density at radius 2 is 1.74 bits per heavy atom. The number of hydrogen-bond acceptors (Lipinski definition) is 8. The van der Waals surface area contributed by atoms with E-state index < -0.39 is 69.5 Å². The van der Waals surface area contributed by atoms with Crippen LogP contribution in [0.5, 0.6) is 0 Å². The molecule has 1 aromatic carbocycles. The van der Waals surface area contributed by atoms with Gasteiger partial charge in [-0.05, 0) is 30.1 Å². The zero-order valence-corrected chi connectivity index (χ0v) is 23.1. The molecule has 5 rings (SSSR count). The Hall–Kier alpha value is -2.81. The predicted octanol–water partition coefficient (Wildman–Crippen LogP) is 2.99. The Kier molecular flexibility index (Phi) is 6.11. The van der Waals surface area contributed by atoms with Gasteiger partial charge in [0.25, 0.3) is 0 Å². The summed E-state index contributed by atoms with van der Waals surface area (Å²) in [6.45, 7) is 12.6. The molecule has 8 nitrogen and oxygen atoms in total. The van der Waals surface area contributed by atoms with Gasteiger partial charge in [-0.15, -0.1) is 0 Å². The summed E-state index contributed by atoms with van der Waals surface area (Å²) in [5, 5.41) is 36.4. The molecule has 3 N–H and O–H groups in total. The van der Waals surface area contributed by atoms with Crippen molar-refractivity contribution >= 4 is 23.8 Å². The van der Waals surface area contributed by atoms with E-state index in [1.54, 1.807) is 26.8 Å². The van der Waals surface area contributed by atoms with Gasteiger partial charge in [0.05, 0.1) is 12.2 Å². The molecule has 4 unspecified atom stereocenters. The van der Waals surface area contributed by atoms with Crippen molar-refractivity contribution < 1.29 is 39.2 Å². The maximum absolute atomic E-state index is 13.5. The summed E-state index contributed by atoms with van der Waals surface area (Å²) in [6, 6.07) is 9.28. The van der Waals surface area contributed by atoms with Gasteiger partial charge in [0.15, 0.2) is 0 Å². The minimum Gasteiger partial charge on any atom is -0.459 e. The van der Waals surface area contributed by atoms with E-state index in [0.717, 1.165) is 5.56 Å². The fraction of sp³-hybridized carbons (Fsp3) is 0.581. The molecular formula is C31H38O8. The smallest absolute Gasteiger partial charge is 0.331 e. The molecule has 8 heteroatoms. The molecule has 2 spiro atoms. The Morgan fingerprint density at radius 3 is 2.36 bits per heavy atom. The van der Waals surface area contributed by atoms with E-state index >= 15 is 0 Å². The summed E-state index contributed by atoms with van der Waals surface area (Å²) in [6.07, 6.45) is -1.61. The SMILES string of the molecule is C=C1[C@@H](OC(=O)/C=C/c2ccccc2)CC[C@@]2(C)[C@@H](OC(C)=O)[C@H](O)C34C(C)C(=O)C[C@@](O)(C(O)C132)C4(C)C. The van der Waals surface area contributed by atoms with Crippen LogP contribution in [0.3, 0.4) is 0 Å². The molecule has 9 atom stereocenters. The van der Waals surface area contributed by atoms with E-state index in [1.807, 2.05) is 37.3 Å². The molecule has 0 heterocycles. The lowest BCUT2D eigenvalue weighted by atomic mass is 9.42. The van der Waals surface area contributed by atoms with Crippen molar-refractivity contribution in [2.45, 2.75) is 83.9 Å². The maximum atomic E-state index is 13.5. The van der Waals surface area contributed by atoms with Crippen molar-refractivity contribution in [2.75, 3.05) is 0 Å². The lowest BCUT2D eigenvalue weighted by Gasteiger charge is -2.60. The number of carbonyl (C=O) groups excluding carboxylic acids is 3. The normalized spacial score (nSPS) is 44.2. The zero-order valence-electron chi connectivity index (χ0n) is 23.1. The van der Waals surface area contributed by atoms with Crippen molar-refractivity contribution in [1.82, 2.24) is 0 Å². The lowest BCUT2D eigenvalue weighted by Crippen LogP contribution is -2.64. The third kappa shape index (κ3) is 3.03. The van der Waals surface area contributed by atoms with Crippen LogP contribution < -0.4 is 0 Å². The fourth-order valence-electron chi connectivity index (χ4n) is 9.52. The number of ether oxygens (including phenoxy) is 2. The van der Waals surface area contributed by atoms with E-state index in [-0.39, 0.29) is 18.6 Å². The molecule has 1 aromatic rings. The predicted molar refractivity (Wildman–Crippen MR) is 142 cm³/mol. The molecule has 39 heavy (non-hydrogen) atoms. The number of carbonyl (C=O) groups is 3. The van der Waals surface area contributed by atoms with Gasteiger partial charge < -0.3 is 24.8 Å². The van der Waals surface area contributed by atoms with Crippen LogP contribution in [0.1, 0.15) is 59.4 Å². The van der Waals surface area contributed by atoms with Crippen molar-refractivity contribution in [2.24, 2.45) is 27.6 Å². The molecule has 4 aliphatic rings. The van der Waals surface area contributed by atoms with Crippen LogP contribution >= 0.6 is 0 Å². The highest BCUT2D eigenvalue weighted by atomic mass is 16.6. The Labute approximate surface area is 228 Å². The summed E-state index contributed by atoms with van der Waals surface area (Å²) in [7, 11) is 0. The van der Waals surface area contributed by atoms with E-state index in [2.05, 4.69) is 6.58 Å². The van der Waals surface area contributed by atoms with Gasteiger partial charge in [-0.1, -0.05) is 64.6 Å². The molecule has 0 saturated heterocycles. The van der Waals surface area contributed by atoms with Gasteiger partial charge in [-0.2, -0.15) is 0 Å². The third-order valence-corrected chi connectivity index (χ3v) is 11.1. The summed E-state index contributed by atoms with van der Waals surface area (Å²) >= 11 is 0. The van der Waals surface area contributed by atoms with Gasteiger partial charge in [-0.25, -0.2) is 4.79 Å². The first kappa shape index (κ1) is 27.7. The molecule has 210 valence electrons. The summed E-state index contributed by atoms with van der Waals surface area (Å²) in [5.41, 5.74) is -6.02. The second-order valence-electron chi connectivity index (χ2n) is 12.6. The van der Waals surface area contributed by atoms with Crippen LogP contribution in [0.25, 0.3) is 6.08 Å². The van der Waals surface area contributed by atoms with Gasteiger partial charge in [-0.3, -0.25) is 9.59 Å². The van der Waals surface area contributed by atoms with Crippen LogP contribution in [0.15, 0.2) is 48.6 Å². The Bertz CT molecular complexity index is 1270. The highest BCUT2D eigenvalue weighted by Crippen LogP contribution is 2.86. The molecule has 4 saturated carbocycles. The van der Waals surface area contributed by atoms with Crippen molar-refractivity contribution in [1.29, 1.82) is 0 Å². The molecule has 4 aliphatic carbocycles. The Balaban J connectivity index is 1.65. The molecular weight excluding hydrogens is 500 g/mol. The monoisotopic (exact) mass is 538 g/mol. The fourth-order valence-corrected chi connectivity index (χ4v) is 9.52. The first-order chi connectivity index (χ1) is 18.1. The molecule has 0 aromatic heterocycles. The quantitative estimate of drug-likeness (QED) is 0.303. The Morgan fingerprint density at radius 1 is 1.10 bits per heavy atom. The van der Waals surface area contributed by atoms with Crippen LogP contribution in [0.4, 0.5) is 0 Å². The minimum atomic E-state index is -1.89. The number of hydrogen-bond donors (Lipinski definition) is 3. The van der Waals surface area contributed by atoms with Crippen LogP contribution in [-0.4, -0.2) is 63.1 Å². The molecule has 2 bridgehead atoms. The number of ketones is 1. The lowest BCUT2D eigenvalue weighted by molar-refractivity contribution is -0.207. The topological polar surface area (TPSA) is 130 Å². The van der Waals surface area contributed by atoms with Gasteiger partial charge in [0.1, 0.15) is 23.6 Å². The zero-order chi connectivity index (χ0) is 28.8. The number of Topliss-reactive ketones (excluding diaryl/α,β-unsaturated/α-hetero) is 1. The van der Waals surface area contributed by atoms with Gasteiger partial charge in [0.2, 0.25) is 0 Å². The maximum Gasteiger partial charge on any atom is 0.331 e. The first-order valence-corrected chi connectivity index (χ1v) is 13.6. The molecule has 0 radical (unpaired) electrons. The summed E-state index contributed by atoms with van der Waals surface area (Å²) in [5.74, 6) is -2.32. The average molecular weight is 539 g/mol. The van der Waals surface area contributed by atoms with Gasteiger partial charge >= 0.3 is 11.9 Å². The highest BCUT2D eigenvalue weighted by molar-refractivity contribution is 5.88. The first-order valence-electron chi connectivity index (χ1n) is 13.6. The number of rotatable bonds is 4. The standard InChI is InChI=1S/C31H38O8/c1-17-21(33)16-29(37)26(36)31-18(2)22(39-23(34)13-12-20-10-8-7-9-11-20)14-15-28(31,6)25(38-19(3)32)24(35)30(17,31)27(29,4)5/h7-13,17,22,24-26,35-37H,2,14-16H2,1,3-6H3/b13-12+/t17?,22-,24-,25-,26?,28-,29+,30?,31?/m0/s1. The molecule has 4 fully saturated rings. The number of benzene rings is 1. The van der Waals surface area contributed by atoms with Crippen LogP contribution in [0.2, 0.25) is 0 Å². The van der Waals surface area contributed by atoms with E-state index in [1.165, 1.54) is 13.0 Å². The molecule has 0 aliphatic heterocycles. The minimum absolute atomic E-state index is 0.285. The number of aliphatic hydroxyl groups excluding tert-OH is 2. The van der Waals surface area contributed by atoms with Crippen molar-refractivity contribution in [3.8, 4) is 0 Å².